The number of carbonyl (C=O) groups excluding carboxylic acids is 2. The van der Waals surface area contributed by atoms with Crippen molar-refractivity contribution >= 4 is 23.2 Å². The Kier molecular flexibility index (Phi) is 10.4. The average Bonchev–Trinajstić information content (AvgIpc) is 2.94. The molecule has 13 heteroatoms. The Morgan fingerprint density at radius 3 is 2.04 bits per heavy atom. The van der Waals surface area contributed by atoms with Gasteiger partial charge in [-0.1, -0.05) is 20.8 Å². The summed E-state index contributed by atoms with van der Waals surface area (Å²) < 4.78 is 74.1. The first-order chi connectivity index (χ1) is 22.2. The Balaban J connectivity index is 1.83. The molecule has 2 heterocycles. The van der Waals surface area contributed by atoms with Crippen molar-refractivity contribution in [2.24, 2.45) is 5.41 Å². The van der Waals surface area contributed by atoms with Crippen molar-refractivity contribution in [1.82, 2.24) is 15.2 Å². The SMILES string of the molecule is C[C@@H]1CN(c2cc(F)c(-c3cc(C(=O)NC(C)(C)CC(C)(C)C)c(F)cc3F)cc2NC(=O)c2c[nH]c(=O)cc2C(F)F)C[C@H](C)N1C. The van der Waals surface area contributed by atoms with E-state index in [2.05, 4.69) is 20.5 Å². The number of H-pyrrole nitrogens is 1. The number of hydrogen-bond acceptors (Lipinski definition) is 5. The Morgan fingerprint density at radius 2 is 1.46 bits per heavy atom. The lowest BCUT2D eigenvalue weighted by molar-refractivity contribution is 0.0886. The van der Waals surface area contributed by atoms with Crippen LogP contribution < -0.4 is 21.1 Å². The third kappa shape index (κ3) is 8.23. The summed E-state index contributed by atoms with van der Waals surface area (Å²) in [5.74, 6) is -5.10. The molecule has 0 unspecified atom stereocenters. The second-order valence-corrected chi connectivity index (χ2v) is 14.4. The minimum atomic E-state index is -3.15. The number of alkyl halides is 2. The molecule has 1 fully saturated rings. The van der Waals surface area contributed by atoms with E-state index in [0.717, 1.165) is 24.4 Å². The fourth-order valence-electron chi connectivity index (χ4n) is 6.46. The number of amides is 2. The number of hydrogen-bond donors (Lipinski definition) is 3. The van der Waals surface area contributed by atoms with Crippen LogP contribution >= 0.6 is 0 Å². The molecule has 2 aromatic carbocycles. The van der Waals surface area contributed by atoms with Crippen LogP contribution in [0.25, 0.3) is 11.1 Å². The molecule has 0 bridgehead atoms. The first kappa shape index (κ1) is 36.6. The predicted molar refractivity (Wildman–Crippen MR) is 176 cm³/mol. The predicted octanol–water partition coefficient (Wildman–Crippen LogP) is 7.12. The van der Waals surface area contributed by atoms with E-state index < -0.39 is 74.6 Å². The van der Waals surface area contributed by atoms with Crippen molar-refractivity contribution in [2.45, 2.75) is 78.9 Å². The lowest BCUT2D eigenvalue weighted by Gasteiger charge is -2.44. The number of rotatable bonds is 8. The van der Waals surface area contributed by atoms with E-state index in [-0.39, 0.29) is 28.9 Å². The quantitative estimate of drug-likeness (QED) is 0.221. The minimum Gasteiger partial charge on any atom is -0.367 e. The van der Waals surface area contributed by atoms with Crippen LogP contribution in [0.2, 0.25) is 0 Å². The van der Waals surface area contributed by atoms with E-state index in [4.69, 9.17) is 0 Å². The van der Waals surface area contributed by atoms with Crippen molar-refractivity contribution in [3.8, 4) is 11.1 Å². The van der Waals surface area contributed by atoms with Crippen molar-refractivity contribution < 1.29 is 31.5 Å². The highest BCUT2D eigenvalue weighted by Gasteiger charge is 2.32. The van der Waals surface area contributed by atoms with Gasteiger partial charge in [-0.3, -0.25) is 19.3 Å². The van der Waals surface area contributed by atoms with E-state index in [1.807, 2.05) is 46.6 Å². The van der Waals surface area contributed by atoms with E-state index in [0.29, 0.717) is 31.6 Å². The zero-order valence-corrected chi connectivity index (χ0v) is 28.3. The van der Waals surface area contributed by atoms with Crippen LogP contribution in [-0.4, -0.2) is 59.5 Å². The van der Waals surface area contributed by atoms with Gasteiger partial charge in [0.1, 0.15) is 17.5 Å². The maximum Gasteiger partial charge on any atom is 0.264 e. The summed E-state index contributed by atoms with van der Waals surface area (Å²) in [7, 11) is 1.94. The van der Waals surface area contributed by atoms with Crippen LogP contribution in [-0.2, 0) is 0 Å². The molecule has 1 saturated heterocycles. The molecule has 48 heavy (non-hydrogen) atoms. The second-order valence-electron chi connectivity index (χ2n) is 14.4. The number of likely N-dealkylation sites (N-methyl/N-ethyl adjacent to an activating group) is 1. The number of carbonyl (C=O) groups is 2. The number of nitrogens with zero attached hydrogens (tertiary/aromatic N) is 2. The summed E-state index contributed by atoms with van der Waals surface area (Å²) in [5, 5.41) is 5.32. The zero-order chi connectivity index (χ0) is 35.9. The number of aromatic nitrogens is 1. The summed E-state index contributed by atoms with van der Waals surface area (Å²) >= 11 is 0. The molecule has 3 N–H and O–H groups in total. The van der Waals surface area contributed by atoms with Crippen molar-refractivity contribution in [1.29, 1.82) is 0 Å². The van der Waals surface area contributed by atoms with Gasteiger partial charge in [0.25, 0.3) is 18.2 Å². The zero-order valence-electron chi connectivity index (χ0n) is 28.3. The fourth-order valence-corrected chi connectivity index (χ4v) is 6.46. The van der Waals surface area contributed by atoms with Crippen molar-refractivity contribution in [3.63, 3.8) is 0 Å². The maximum absolute atomic E-state index is 16.0. The molecule has 1 aliphatic heterocycles. The van der Waals surface area contributed by atoms with Gasteiger partial charge < -0.3 is 20.5 Å². The Bertz CT molecular complexity index is 1760. The topological polar surface area (TPSA) is 97.5 Å². The number of nitrogens with one attached hydrogen (secondary N) is 3. The molecular weight excluding hydrogens is 633 g/mol. The molecular formula is C35H42F5N5O3. The number of piperazine rings is 1. The summed E-state index contributed by atoms with van der Waals surface area (Å²) in [4.78, 5) is 44.5. The van der Waals surface area contributed by atoms with Crippen LogP contribution in [0.1, 0.15) is 87.6 Å². The lowest BCUT2D eigenvalue weighted by Crippen LogP contribution is -2.55. The second kappa shape index (κ2) is 13.7. The lowest BCUT2D eigenvalue weighted by atomic mass is 9.81. The molecule has 1 aromatic heterocycles. The normalized spacial score (nSPS) is 17.5. The Morgan fingerprint density at radius 1 is 0.875 bits per heavy atom. The molecule has 0 spiro atoms. The highest BCUT2D eigenvalue weighted by Crippen LogP contribution is 2.38. The number of anilines is 2. The molecule has 260 valence electrons. The first-order valence-electron chi connectivity index (χ1n) is 15.6. The van der Waals surface area contributed by atoms with Gasteiger partial charge in [0.05, 0.1) is 22.5 Å². The van der Waals surface area contributed by atoms with Crippen LogP contribution in [0.15, 0.2) is 41.3 Å². The Hall–Kier alpha value is -4.26. The van der Waals surface area contributed by atoms with Gasteiger partial charge in [0.15, 0.2) is 0 Å². The van der Waals surface area contributed by atoms with Gasteiger partial charge >= 0.3 is 0 Å². The molecule has 3 aromatic rings. The summed E-state index contributed by atoms with van der Waals surface area (Å²) in [6, 6.07) is 4.24. The van der Waals surface area contributed by atoms with Crippen molar-refractivity contribution in [3.05, 3.63) is 81.0 Å². The number of aromatic amines is 1. The molecule has 4 rings (SSSR count). The molecule has 0 aliphatic carbocycles. The van der Waals surface area contributed by atoms with E-state index >= 15 is 13.2 Å². The van der Waals surface area contributed by atoms with Crippen LogP contribution in [0.3, 0.4) is 0 Å². The van der Waals surface area contributed by atoms with Crippen molar-refractivity contribution in [2.75, 3.05) is 30.4 Å². The first-order valence-corrected chi connectivity index (χ1v) is 15.6. The smallest absolute Gasteiger partial charge is 0.264 e. The van der Waals surface area contributed by atoms with Gasteiger partial charge in [-0.2, -0.15) is 0 Å². The largest absolute Gasteiger partial charge is 0.367 e. The summed E-state index contributed by atoms with van der Waals surface area (Å²) in [5.41, 5.74) is -4.33. The monoisotopic (exact) mass is 675 g/mol. The van der Waals surface area contributed by atoms with E-state index in [1.54, 1.807) is 13.8 Å². The Labute approximate surface area is 276 Å². The fraction of sp³-hybridized carbons (Fsp3) is 0.457. The molecule has 2 amide bonds. The highest BCUT2D eigenvalue weighted by molar-refractivity contribution is 6.07. The minimum absolute atomic E-state index is 0.00261. The summed E-state index contributed by atoms with van der Waals surface area (Å²) in [6.07, 6.45) is -1.76. The molecule has 8 nitrogen and oxygen atoms in total. The molecule has 2 atom stereocenters. The van der Waals surface area contributed by atoms with Crippen LogP contribution in [0.4, 0.5) is 33.3 Å². The number of halogens is 5. The maximum atomic E-state index is 16.0. The third-order valence-corrected chi connectivity index (χ3v) is 8.49. The standard InChI is InChI=1S/C35H42F5N5O3/c1-18-15-45(16-19(2)44(18)8)29-13-27(38)21(10-28(29)42-32(47)24-14-41-30(46)11-22(24)31(39)40)20-9-23(26(37)12-25(20)36)33(48)43-35(6,7)17-34(3,4)5/h9-14,18-19,31H,15-17H2,1-8H3,(H,41,46)(H,42,47)(H,43,48)/t18-,19+. The summed E-state index contributed by atoms with van der Waals surface area (Å²) in [6.45, 7) is 14.2. The van der Waals surface area contributed by atoms with Crippen LogP contribution in [0.5, 0.6) is 0 Å². The van der Waals surface area contributed by atoms with Gasteiger partial charge in [-0.25, -0.2) is 22.0 Å². The molecule has 1 aliphatic rings. The van der Waals surface area contributed by atoms with Crippen LogP contribution in [0, 0.1) is 22.9 Å². The number of benzene rings is 2. The van der Waals surface area contributed by atoms with Gasteiger partial charge in [-0.05, 0) is 64.8 Å². The number of pyridine rings is 1. The molecule has 0 radical (unpaired) electrons. The van der Waals surface area contributed by atoms with Gasteiger partial charge in [0, 0.05) is 65.7 Å². The highest BCUT2D eigenvalue weighted by atomic mass is 19.3. The van der Waals surface area contributed by atoms with Gasteiger partial charge in [-0.15, -0.1) is 0 Å². The van der Waals surface area contributed by atoms with E-state index in [9.17, 15) is 23.2 Å². The van der Waals surface area contributed by atoms with E-state index in [1.165, 1.54) is 0 Å². The third-order valence-electron chi connectivity index (χ3n) is 8.49. The average molecular weight is 676 g/mol. The van der Waals surface area contributed by atoms with Gasteiger partial charge in [0.2, 0.25) is 5.56 Å². The molecule has 0 saturated carbocycles.